The van der Waals surface area contributed by atoms with Gasteiger partial charge >= 0.3 is 6.18 Å². The number of ether oxygens (including phenoxy) is 3. The summed E-state index contributed by atoms with van der Waals surface area (Å²) >= 11 is 3.47. The number of pyridine rings is 1. The topological polar surface area (TPSA) is 52.6 Å². The molecule has 1 heterocycles. The summed E-state index contributed by atoms with van der Waals surface area (Å²) in [6, 6.07) is 13.3. The van der Waals surface area contributed by atoms with Gasteiger partial charge in [0.25, 0.3) is 0 Å². The summed E-state index contributed by atoms with van der Waals surface area (Å²) in [6.07, 6.45) is -4.37. The van der Waals surface area contributed by atoms with Crippen molar-refractivity contribution in [2.24, 2.45) is 0 Å². The summed E-state index contributed by atoms with van der Waals surface area (Å²) < 4.78 is 53.7. The second-order valence-corrected chi connectivity index (χ2v) is 8.67. The second kappa shape index (κ2) is 11.1. The zero-order valence-corrected chi connectivity index (χ0v) is 20.9. The van der Waals surface area contributed by atoms with Crippen LogP contribution in [0.5, 0.6) is 11.5 Å². The first-order chi connectivity index (χ1) is 16.1. The van der Waals surface area contributed by atoms with E-state index < -0.39 is 12.8 Å². The summed E-state index contributed by atoms with van der Waals surface area (Å²) in [5.74, 6) is 2.07. The fourth-order valence-electron chi connectivity index (χ4n) is 3.31. The molecule has 34 heavy (non-hydrogen) atoms. The Balaban J connectivity index is 1.75. The normalized spacial score (nSPS) is 11.4. The van der Waals surface area contributed by atoms with E-state index in [9.17, 15) is 13.2 Å². The number of alkyl halides is 3. The standard InChI is InChI=1S/C25H26BrF3N2O3/c1-15-5-10-22(34-12-18-6-8-20(32-4)9-7-18)16(2)23(15)31-24-21(26)11-19(17(3)30-24)13-33-14-25(27,28)29/h5-11H,12-14H2,1-4H3,(H,30,31). The van der Waals surface area contributed by atoms with E-state index >= 15 is 0 Å². The Morgan fingerprint density at radius 3 is 2.35 bits per heavy atom. The predicted molar refractivity (Wildman–Crippen MR) is 129 cm³/mol. The number of rotatable bonds is 9. The highest BCUT2D eigenvalue weighted by atomic mass is 79.9. The SMILES string of the molecule is COc1ccc(COc2ccc(C)c(Nc3nc(C)c(COCC(F)(F)F)cc3Br)c2C)cc1. The van der Waals surface area contributed by atoms with Crippen LogP contribution in [0.1, 0.15) is 27.9 Å². The second-order valence-electron chi connectivity index (χ2n) is 7.81. The molecule has 0 fully saturated rings. The zero-order chi connectivity index (χ0) is 24.9. The van der Waals surface area contributed by atoms with E-state index in [0.29, 0.717) is 28.2 Å². The van der Waals surface area contributed by atoms with E-state index in [0.717, 1.165) is 33.9 Å². The molecule has 2 aromatic carbocycles. The fourth-order valence-corrected chi connectivity index (χ4v) is 3.77. The first-order valence-electron chi connectivity index (χ1n) is 10.5. The summed E-state index contributed by atoms with van der Waals surface area (Å²) in [5, 5.41) is 3.34. The first kappa shape index (κ1) is 25.8. The smallest absolute Gasteiger partial charge is 0.411 e. The van der Waals surface area contributed by atoms with Gasteiger partial charge in [0.1, 0.15) is 30.5 Å². The highest BCUT2D eigenvalue weighted by molar-refractivity contribution is 9.10. The maximum Gasteiger partial charge on any atom is 0.411 e. The molecule has 1 aromatic heterocycles. The molecule has 0 amide bonds. The van der Waals surface area contributed by atoms with Crippen molar-refractivity contribution in [1.82, 2.24) is 4.98 Å². The van der Waals surface area contributed by atoms with Crippen LogP contribution in [0.15, 0.2) is 46.9 Å². The molecular formula is C25H26BrF3N2O3. The maximum atomic E-state index is 12.4. The van der Waals surface area contributed by atoms with E-state index in [1.54, 1.807) is 20.1 Å². The van der Waals surface area contributed by atoms with Gasteiger partial charge in [-0.2, -0.15) is 13.2 Å². The summed E-state index contributed by atoms with van der Waals surface area (Å²) in [6.45, 7) is 4.59. The third kappa shape index (κ3) is 6.87. The minimum atomic E-state index is -4.37. The summed E-state index contributed by atoms with van der Waals surface area (Å²) in [4.78, 5) is 4.53. The van der Waals surface area contributed by atoms with Crippen LogP contribution in [-0.4, -0.2) is 24.9 Å². The van der Waals surface area contributed by atoms with Crippen molar-refractivity contribution in [2.45, 2.75) is 40.2 Å². The Morgan fingerprint density at radius 2 is 1.71 bits per heavy atom. The van der Waals surface area contributed by atoms with E-state index in [1.807, 2.05) is 50.2 Å². The average Bonchev–Trinajstić information content (AvgIpc) is 2.78. The highest BCUT2D eigenvalue weighted by Gasteiger charge is 2.27. The number of aromatic nitrogens is 1. The van der Waals surface area contributed by atoms with Crippen molar-refractivity contribution in [2.75, 3.05) is 19.0 Å². The van der Waals surface area contributed by atoms with Gasteiger partial charge in [-0.05, 0) is 72.1 Å². The first-order valence-corrected chi connectivity index (χ1v) is 11.3. The molecule has 5 nitrogen and oxygen atoms in total. The molecule has 0 spiro atoms. The Morgan fingerprint density at radius 1 is 1.00 bits per heavy atom. The average molecular weight is 539 g/mol. The van der Waals surface area contributed by atoms with Gasteiger partial charge in [0.2, 0.25) is 0 Å². The lowest BCUT2D eigenvalue weighted by Crippen LogP contribution is -2.17. The molecule has 0 aliphatic heterocycles. The minimum absolute atomic E-state index is 0.177. The lowest BCUT2D eigenvalue weighted by atomic mass is 10.1. The van der Waals surface area contributed by atoms with Crippen LogP contribution in [-0.2, 0) is 18.0 Å². The van der Waals surface area contributed by atoms with Crippen LogP contribution in [0, 0.1) is 20.8 Å². The Hall–Kier alpha value is -2.78. The molecular weight excluding hydrogens is 513 g/mol. The molecule has 0 atom stereocenters. The van der Waals surface area contributed by atoms with Crippen molar-refractivity contribution < 1.29 is 27.4 Å². The Labute approximate surface area is 205 Å². The molecule has 0 aliphatic carbocycles. The number of halogens is 4. The van der Waals surface area contributed by atoms with Gasteiger partial charge < -0.3 is 19.5 Å². The Kier molecular flexibility index (Phi) is 8.43. The molecule has 0 unspecified atom stereocenters. The lowest BCUT2D eigenvalue weighted by molar-refractivity contribution is -0.176. The van der Waals surface area contributed by atoms with Gasteiger partial charge in [0, 0.05) is 22.5 Å². The van der Waals surface area contributed by atoms with E-state index in [2.05, 4.69) is 26.2 Å². The Bertz CT molecular complexity index is 1140. The molecule has 0 radical (unpaired) electrons. The molecule has 9 heteroatoms. The highest BCUT2D eigenvalue weighted by Crippen LogP contribution is 2.34. The van der Waals surface area contributed by atoms with Crippen LogP contribution >= 0.6 is 15.9 Å². The molecule has 3 aromatic rings. The molecule has 1 N–H and O–H groups in total. The molecule has 0 saturated carbocycles. The van der Waals surface area contributed by atoms with Crippen LogP contribution < -0.4 is 14.8 Å². The minimum Gasteiger partial charge on any atom is -0.497 e. The number of aryl methyl sites for hydroxylation is 2. The largest absolute Gasteiger partial charge is 0.497 e. The predicted octanol–water partition coefficient (Wildman–Crippen LogP) is 7.18. The molecule has 3 rings (SSSR count). The van der Waals surface area contributed by atoms with Crippen LogP contribution in [0.2, 0.25) is 0 Å². The number of benzene rings is 2. The lowest BCUT2D eigenvalue weighted by Gasteiger charge is -2.18. The van der Waals surface area contributed by atoms with Crippen molar-refractivity contribution in [3.8, 4) is 11.5 Å². The monoisotopic (exact) mass is 538 g/mol. The third-order valence-corrected chi connectivity index (χ3v) is 5.82. The number of methoxy groups -OCH3 is 1. The van der Waals surface area contributed by atoms with Gasteiger partial charge in [0.15, 0.2) is 0 Å². The zero-order valence-electron chi connectivity index (χ0n) is 19.3. The van der Waals surface area contributed by atoms with Crippen LogP contribution in [0.3, 0.4) is 0 Å². The van der Waals surface area contributed by atoms with Crippen LogP contribution in [0.4, 0.5) is 24.7 Å². The number of hydrogen-bond acceptors (Lipinski definition) is 5. The summed E-state index contributed by atoms with van der Waals surface area (Å²) in [7, 11) is 1.62. The van der Waals surface area contributed by atoms with Gasteiger partial charge in [-0.15, -0.1) is 0 Å². The number of hydrogen-bond donors (Lipinski definition) is 1. The van der Waals surface area contributed by atoms with Gasteiger partial charge in [-0.3, -0.25) is 0 Å². The molecule has 0 bridgehead atoms. The number of nitrogens with one attached hydrogen (secondary N) is 1. The quantitative estimate of drug-likeness (QED) is 0.312. The third-order valence-electron chi connectivity index (χ3n) is 5.22. The van der Waals surface area contributed by atoms with Crippen molar-refractivity contribution in [3.05, 3.63) is 74.9 Å². The van der Waals surface area contributed by atoms with Crippen molar-refractivity contribution >= 4 is 27.4 Å². The van der Waals surface area contributed by atoms with E-state index in [4.69, 9.17) is 14.2 Å². The molecule has 0 aliphatic rings. The molecule has 0 saturated heterocycles. The fraction of sp³-hybridized carbons (Fsp3) is 0.320. The van der Waals surface area contributed by atoms with Crippen LogP contribution in [0.25, 0.3) is 0 Å². The van der Waals surface area contributed by atoms with E-state index in [1.165, 1.54) is 0 Å². The molecule has 182 valence electrons. The van der Waals surface area contributed by atoms with Crippen molar-refractivity contribution in [1.29, 1.82) is 0 Å². The summed E-state index contributed by atoms with van der Waals surface area (Å²) in [5.41, 5.74) is 4.93. The van der Waals surface area contributed by atoms with Gasteiger partial charge in [0.05, 0.1) is 18.2 Å². The van der Waals surface area contributed by atoms with Crippen molar-refractivity contribution in [3.63, 3.8) is 0 Å². The van der Waals surface area contributed by atoms with Gasteiger partial charge in [-0.25, -0.2) is 4.98 Å². The van der Waals surface area contributed by atoms with E-state index in [-0.39, 0.29) is 6.61 Å². The number of nitrogens with zero attached hydrogens (tertiary/aromatic N) is 1. The maximum absolute atomic E-state index is 12.4. The van der Waals surface area contributed by atoms with Gasteiger partial charge in [-0.1, -0.05) is 18.2 Å². The number of anilines is 2.